The SMILES string of the molecule is COc1cc2c(cc1OCCCC(=O)Nc1cc(C(=O)Cc3ccc(-c4cc(C(=O)Nc5ccc(N)cc5)n(C)c4)cc3)n(C)c1)N=C[C@@H]1CCCCN1C2=O.COc1cc2c(cc1OCCCC(=O)Nc1cc(C(=O)Cc3ccc(-c4cc(C)n(C(=O)Nc5ccc(CC(=O)[C@H](C)NC(=O)[C@@H](NC(=O)CCCCCN6C(=O)C=CC6=O)C(C)C)cc5)c4)cc3)n(C)c1)N=C[C@@H]1CCCCN1C2=O. The molecule has 0 bridgehead atoms. The fourth-order valence-electron chi connectivity index (χ4n) is 17.3. The van der Waals surface area contributed by atoms with Gasteiger partial charge in [0.2, 0.25) is 23.6 Å². The number of ketones is 3. The molecule has 5 aliphatic heterocycles. The molecule has 0 radical (unpaired) electrons. The number of Topliss-reactive ketones (excluding diaryl/α,β-unsaturated/α-hetero) is 3. The van der Waals surface area contributed by atoms with Crippen molar-refractivity contribution in [2.75, 3.05) is 74.1 Å². The highest BCUT2D eigenvalue weighted by Gasteiger charge is 2.35. The van der Waals surface area contributed by atoms with Crippen LogP contribution in [0.5, 0.6) is 23.0 Å². The highest BCUT2D eigenvalue weighted by Crippen LogP contribution is 2.41. The Hall–Kier alpha value is -15.6. The number of methoxy groups -OCH3 is 2. The summed E-state index contributed by atoms with van der Waals surface area (Å²) < 4.78 is 29.8. The zero-order chi connectivity index (χ0) is 98.0. The van der Waals surface area contributed by atoms with Crippen LogP contribution in [-0.4, -0.2) is 193 Å². The third-order valence-corrected chi connectivity index (χ3v) is 25.0. The van der Waals surface area contributed by atoms with E-state index in [2.05, 4.69) is 41.9 Å². The summed E-state index contributed by atoms with van der Waals surface area (Å²) in [7, 11) is 8.38. The molecule has 138 heavy (non-hydrogen) atoms. The molecule has 33 nitrogen and oxygen atoms in total. The Morgan fingerprint density at radius 1 is 0.464 bits per heavy atom. The number of ether oxygens (including phenoxy) is 4. The van der Waals surface area contributed by atoms with E-state index in [-0.39, 0.29) is 147 Å². The lowest BCUT2D eigenvalue weighted by Crippen LogP contribution is -2.53. The van der Waals surface area contributed by atoms with E-state index in [9.17, 15) is 62.3 Å². The number of amides is 10. The van der Waals surface area contributed by atoms with Crippen molar-refractivity contribution in [2.45, 2.75) is 161 Å². The number of nitrogens with one attached hydrogen (secondary N) is 6. The molecule has 6 aromatic carbocycles. The van der Waals surface area contributed by atoms with E-state index in [4.69, 9.17) is 24.7 Å². The predicted octanol–water partition coefficient (Wildman–Crippen LogP) is 14.9. The fraction of sp³-hybridized carbons (Fsp3) is 0.343. The Morgan fingerprint density at radius 2 is 0.935 bits per heavy atom. The number of aromatic nitrogens is 4. The normalized spacial score (nSPS) is 15.1. The number of hydrogen-bond acceptors (Lipinski definition) is 20. The van der Waals surface area contributed by atoms with E-state index in [0.29, 0.717) is 147 Å². The van der Waals surface area contributed by atoms with Gasteiger partial charge in [-0.15, -0.1) is 0 Å². The minimum atomic E-state index is -0.855. The van der Waals surface area contributed by atoms with Gasteiger partial charge < -0.3 is 80.1 Å². The summed E-state index contributed by atoms with van der Waals surface area (Å²) in [6.07, 6.45) is 22.4. The number of carbonyl (C=O) groups excluding carboxylic acids is 13. The predicted molar refractivity (Wildman–Crippen MR) is 526 cm³/mol. The average molecular weight is 1870 g/mol. The van der Waals surface area contributed by atoms with Crippen molar-refractivity contribution in [3.8, 4) is 45.3 Å². The molecule has 15 rings (SSSR count). The number of piperidine rings is 2. The molecule has 33 heteroatoms. The number of imide groups is 1. The monoisotopic (exact) mass is 1870 g/mol. The van der Waals surface area contributed by atoms with E-state index >= 15 is 0 Å². The molecule has 0 spiro atoms. The lowest BCUT2D eigenvalue weighted by molar-refractivity contribution is -0.137. The first-order valence-electron chi connectivity index (χ1n) is 46.6. The van der Waals surface area contributed by atoms with Crippen molar-refractivity contribution >= 4 is 129 Å². The molecule has 2 fully saturated rings. The molecular formula is C105H116N16O17. The van der Waals surface area contributed by atoms with E-state index in [0.717, 1.165) is 76.8 Å². The van der Waals surface area contributed by atoms with Gasteiger partial charge in [0.25, 0.3) is 29.5 Å². The molecule has 10 amide bonds. The molecule has 10 aromatic rings. The molecule has 0 unspecified atom stereocenters. The zero-order valence-corrected chi connectivity index (χ0v) is 79.0. The van der Waals surface area contributed by atoms with Crippen molar-refractivity contribution in [3.05, 3.63) is 233 Å². The van der Waals surface area contributed by atoms with Crippen LogP contribution in [0.3, 0.4) is 0 Å². The van der Waals surface area contributed by atoms with Crippen molar-refractivity contribution in [1.82, 2.24) is 43.6 Å². The Morgan fingerprint density at radius 3 is 1.44 bits per heavy atom. The minimum Gasteiger partial charge on any atom is -0.493 e. The summed E-state index contributed by atoms with van der Waals surface area (Å²) in [4.78, 5) is 183. The zero-order valence-electron chi connectivity index (χ0n) is 79.0. The second kappa shape index (κ2) is 45.2. The van der Waals surface area contributed by atoms with Gasteiger partial charge >= 0.3 is 6.03 Å². The van der Waals surface area contributed by atoms with Gasteiger partial charge in [-0.25, -0.2) is 4.79 Å². The third kappa shape index (κ3) is 24.8. The highest BCUT2D eigenvalue weighted by molar-refractivity contribution is 6.13. The molecule has 5 aliphatic rings. The second-order valence-corrected chi connectivity index (χ2v) is 35.6. The van der Waals surface area contributed by atoms with Crippen molar-refractivity contribution in [2.24, 2.45) is 37.0 Å². The van der Waals surface area contributed by atoms with Crippen LogP contribution in [-0.2, 0) is 74.0 Å². The highest BCUT2D eigenvalue weighted by atomic mass is 16.5. The molecule has 0 saturated carbocycles. The number of nitrogen functional groups attached to an aromatic ring is 1. The number of carbonyl (C=O) groups is 13. The summed E-state index contributed by atoms with van der Waals surface area (Å²) in [5.41, 5.74) is 18.4. The van der Waals surface area contributed by atoms with Gasteiger partial charge in [0.15, 0.2) is 40.3 Å². The maximum Gasteiger partial charge on any atom is 0.330 e. The molecule has 4 atom stereocenters. The topological polar surface area (TPSA) is 411 Å². The Balaban J connectivity index is 0.000000236. The smallest absolute Gasteiger partial charge is 0.330 e. The van der Waals surface area contributed by atoms with Gasteiger partial charge in [0, 0.05) is 175 Å². The average Bonchev–Trinajstić information content (AvgIpc) is 1.59. The first-order valence-corrected chi connectivity index (χ1v) is 46.6. The molecular weight excluding hydrogens is 1760 g/mol. The van der Waals surface area contributed by atoms with Gasteiger partial charge in [-0.3, -0.25) is 77.0 Å². The van der Waals surface area contributed by atoms with Crippen molar-refractivity contribution in [1.29, 1.82) is 0 Å². The van der Waals surface area contributed by atoms with Crippen LogP contribution < -0.4 is 56.6 Å². The quantitative estimate of drug-likeness (QED) is 0.00818. The van der Waals surface area contributed by atoms with Gasteiger partial charge in [0.1, 0.15) is 11.7 Å². The number of nitrogens with zero attached hydrogens (tertiary/aromatic N) is 9. The number of unbranched alkanes of at least 4 members (excludes halogenated alkanes) is 2. The van der Waals surface area contributed by atoms with Gasteiger partial charge in [-0.1, -0.05) is 80.9 Å². The number of anilines is 5. The van der Waals surface area contributed by atoms with Gasteiger partial charge in [-0.2, -0.15) is 0 Å². The van der Waals surface area contributed by atoms with Crippen LogP contribution in [0.4, 0.5) is 44.6 Å². The first-order chi connectivity index (χ1) is 66.4. The number of rotatable bonds is 38. The molecule has 0 aliphatic carbocycles. The largest absolute Gasteiger partial charge is 0.493 e. The number of benzene rings is 6. The number of nitrogens with two attached hydrogens (primary N) is 1. The fourth-order valence-corrected chi connectivity index (χ4v) is 17.3. The molecule has 718 valence electrons. The number of hydrogen-bond donors (Lipinski definition) is 7. The van der Waals surface area contributed by atoms with E-state index in [1.807, 2.05) is 103 Å². The van der Waals surface area contributed by atoms with Crippen molar-refractivity contribution < 1.29 is 81.3 Å². The van der Waals surface area contributed by atoms with Crippen LogP contribution >= 0.6 is 0 Å². The molecule has 2 saturated heterocycles. The maximum absolute atomic E-state index is 13.5. The Bertz CT molecular complexity index is 6340. The van der Waals surface area contributed by atoms with Crippen LogP contribution in [0.15, 0.2) is 193 Å². The lowest BCUT2D eigenvalue weighted by atomic mass is 10.0. The second-order valence-electron chi connectivity index (χ2n) is 35.6. The number of fused-ring (bicyclic) bond motifs is 4. The van der Waals surface area contributed by atoms with E-state index < -0.39 is 18.0 Å². The van der Waals surface area contributed by atoms with E-state index in [1.54, 1.807) is 152 Å². The summed E-state index contributed by atoms with van der Waals surface area (Å²) in [5.74, 6) is -1.22. The van der Waals surface area contributed by atoms with Crippen LogP contribution in [0.1, 0.15) is 185 Å². The van der Waals surface area contributed by atoms with Crippen molar-refractivity contribution in [3.63, 3.8) is 0 Å². The standard InChI is InChI=1S/C62H71N9O11.C43H45N7O6/c1-38(2)59(67-56(75)14-8-7-10-27-70-57(76)24-25-58(70)77)60(78)64-40(4)51(72)30-42-18-22-45(23-19-42)66-62(80)71-36-44(29-39(71)3)43-20-16-41(17-21-43)31-52(73)50-32-46(37-68(50)5)65-55(74)15-12-28-82-54-34-49-48(33-53(54)81-6)61(79)69-26-11-9-13-47(69)35-63-49;1-48-25-29(20-37(48)42(53)47-31-15-13-30(44)14-16-31)28-11-9-27(10-12-28)19-38(51)36-21-32(26-49(36)2)46-41(52)8-6-18-56-40-23-35-34(22-39(40)55-3)43(54)50-17-5-4-7-33(50)24-45-35/h16-25,29,32-38,40,47,59H,7-15,26-28,30-31H2,1-6H3,(H,64,78)(H,65,74)(H,66,80)(H,67,75);9-16,20-26,33H,4-8,17-19,44H2,1-3H3,(H,46,52)(H,47,53)/t40-,47-,59-;33-/m00/s1. The van der Waals surface area contributed by atoms with Gasteiger partial charge in [-0.05, 0) is 185 Å². The third-order valence-electron chi connectivity index (χ3n) is 25.0. The van der Waals surface area contributed by atoms with E-state index in [1.165, 1.54) is 30.9 Å². The summed E-state index contributed by atoms with van der Waals surface area (Å²) in [6, 6.07) is 40.8. The van der Waals surface area contributed by atoms with Crippen LogP contribution in [0.2, 0.25) is 0 Å². The summed E-state index contributed by atoms with van der Waals surface area (Å²) in [5, 5.41) is 17.1. The molecule has 9 heterocycles. The Labute approximate surface area is 800 Å². The first kappa shape index (κ1) is 98.4. The summed E-state index contributed by atoms with van der Waals surface area (Å²) in [6.45, 7) is 9.17. The van der Waals surface area contributed by atoms with Crippen LogP contribution in [0.25, 0.3) is 22.3 Å². The lowest BCUT2D eigenvalue weighted by Gasteiger charge is -2.32. The molecule has 4 aromatic heterocycles. The number of aliphatic imine (C=N–C) groups is 2. The van der Waals surface area contributed by atoms with Crippen LogP contribution in [0, 0.1) is 12.8 Å². The minimum absolute atomic E-state index is 0.00408. The molecule has 8 N–H and O–H groups in total. The number of aryl methyl sites for hydroxylation is 4. The summed E-state index contributed by atoms with van der Waals surface area (Å²) >= 11 is 0. The Kier molecular flexibility index (Phi) is 32.2. The maximum atomic E-state index is 13.5. The van der Waals surface area contributed by atoms with Gasteiger partial charge in [0.05, 0.1) is 90.8 Å².